The first-order valence-corrected chi connectivity index (χ1v) is 10.1. The van der Waals surface area contributed by atoms with Crippen LogP contribution in [0.1, 0.15) is 43.1 Å². The standard InChI is InChI=1S/C26H27NO3/c1-26(2,3)27(25(29)30)23-16-14-22(15-17-23)24(28)18-11-19-9-12-21(13-10-19)20-7-5-4-6-8-20/h4-10,12-17H,11,18H2,1-3H3,(H,29,30). The van der Waals surface area contributed by atoms with Crippen molar-refractivity contribution in [3.63, 3.8) is 0 Å². The molecule has 0 aromatic heterocycles. The topological polar surface area (TPSA) is 57.6 Å². The molecular formula is C26H27NO3. The Hall–Kier alpha value is -3.40. The Balaban J connectivity index is 1.63. The fourth-order valence-corrected chi connectivity index (χ4v) is 3.48. The summed E-state index contributed by atoms with van der Waals surface area (Å²) in [5, 5.41) is 9.50. The first kappa shape index (κ1) is 21.3. The molecule has 0 radical (unpaired) electrons. The molecule has 1 amide bonds. The van der Waals surface area contributed by atoms with Crippen molar-refractivity contribution in [3.05, 3.63) is 90.0 Å². The van der Waals surface area contributed by atoms with Crippen molar-refractivity contribution in [3.8, 4) is 11.1 Å². The molecule has 0 atom stereocenters. The van der Waals surface area contributed by atoms with E-state index in [9.17, 15) is 14.7 Å². The van der Waals surface area contributed by atoms with E-state index in [4.69, 9.17) is 0 Å². The van der Waals surface area contributed by atoms with Crippen LogP contribution in [-0.2, 0) is 6.42 Å². The number of carbonyl (C=O) groups is 2. The van der Waals surface area contributed by atoms with Gasteiger partial charge >= 0.3 is 6.09 Å². The molecule has 0 saturated heterocycles. The van der Waals surface area contributed by atoms with Gasteiger partial charge in [-0.15, -0.1) is 0 Å². The Morgan fingerprint density at radius 1 is 0.800 bits per heavy atom. The maximum absolute atomic E-state index is 12.6. The van der Waals surface area contributed by atoms with Gasteiger partial charge in [0.1, 0.15) is 0 Å². The number of hydrogen-bond acceptors (Lipinski definition) is 2. The molecule has 4 nitrogen and oxygen atoms in total. The summed E-state index contributed by atoms with van der Waals surface area (Å²) in [6.07, 6.45) is 0.0608. The van der Waals surface area contributed by atoms with Gasteiger partial charge in [-0.1, -0.05) is 54.6 Å². The van der Waals surface area contributed by atoms with E-state index in [0.29, 0.717) is 24.1 Å². The summed E-state index contributed by atoms with van der Waals surface area (Å²) >= 11 is 0. The van der Waals surface area contributed by atoms with E-state index >= 15 is 0 Å². The number of aryl methyl sites for hydroxylation is 1. The molecule has 3 rings (SSSR count). The van der Waals surface area contributed by atoms with Gasteiger partial charge in [-0.3, -0.25) is 9.69 Å². The third-order valence-corrected chi connectivity index (χ3v) is 5.01. The molecule has 0 bridgehead atoms. The van der Waals surface area contributed by atoms with Crippen molar-refractivity contribution in [1.82, 2.24) is 0 Å². The Morgan fingerprint density at radius 3 is 1.90 bits per heavy atom. The van der Waals surface area contributed by atoms with Crippen molar-refractivity contribution in [2.75, 3.05) is 4.90 Å². The highest BCUT2D eigenvalue weighted by Crippen LogP contribution is 2.25. The lowest BCUT2D eigenvalue weighted by atomic mass is 9.99. The molecule has 1 N–H and O–H groups in total. The molecule has 0 fully saturated rings. The Morgan fingerprint density at radius 2 is 1.37 bits per heavy atom. The van der Waals surface area contributed by atoms with Gasteiger partial charge in [-0.2, -0.15) is 0 Å². The lowest BCUT2D eigenvalue weighted by molar-refractivity contribution is 0.0983. The molecule has 154 valence electrons. The predicted molar refractivity (Wildman–Crippen MR) is 121 cm³/mol. The van der Waals surface area contributed by atoms with Gasteiger partial charge < -0.3 is 5.11 Å². The number of carboxylic acid groups (broad SMARTS) is 1. The fraction of sp³-hybridized carbons (Fsp3) is 0.231. The van der Waals surface area contributed by atoms with E-state index < -0.39 is 11.6 Å². The van der Waals surface area contributed by atoms with Gasteiger partial charge in [-0.05, 0) is 68.1 Å². The predicted octanol–water partition coefficient (Wildman–Crippen LogP) is 6.45. The minimum atomic E-state index is -1.01. The normalized spacial score (nSPS) is 11.2. The Labute approximate surface area is 177 Å². The maximum atomic E-state index is 12.6. The number of hydrogen-bond donors (Lipinski definition) is 1. The van der Waals surface area contributed by atoms with Crippen LogP contribution in [0.15, 0.2) is 78.9 Å². The van der Waals surface area contributed by atoms with E-state index in [-0.39, 0.29) is 5.78 Å². The monoisotopic (exact) mass is 401 g/mol. The summed E-state index contributed by atoms with van der Waals surface area (Å²) in [5.41, 5.74) is 4.03. The van der Waals surface area contributed by atoms with Crippen molar-refractivity contribution in [1.29, 1.82) is 0 Å². The number of amides is 1. The largest absolute Gasteiger partial charge is 0.465 e. The highest BCUT2D eigenvalue weighted by atomic mass is 16.4. The molecule has 0 aliphatic rings. The smallest absolute Gasteiger partial charge is 0.412 e. The molecule has 0 unspecified atom stereocenters. The average molecular weight is 402 g/mol. The highest BCUT2D eigenvalue weighted by Gasteiger charge is 2.27. The van der Waals surface area contributed by atoms with Crippen LogP contribution in [0, 0.1) is 0 Å². The van der Waals surface area contributed by atoms with Crippen LogP contribution in [0.5, 0.6) is 0 Å². The molecule has 3 aromatic rings. The number of benzene rings is 3. The zero-order valence-corrected chi connectivity index (χ0v) is 17.6. The highest BCUT2D eigenvalue weighted by molar-refractivity contribution is 5.97. The first-order valence-electron chi connectivity index (χ1n) is 10.1. The van der Waals surface area contributed by atoms with Crippen molar-refractivity contribution in [2.45, 2.75) is 39.2 Å². The second-order valence-corrected chi connectivity index (χ2v) is 8.32. The Kier molecular flexibility index (Phi) is 6.36. The van der Waals surface area contributed by atoms with Crippen molar-refractivity contribution >= 4 is 17.6 Å². The maximum Gasteiger partial charge on any atom is 0.412 e. The second kappa shape index (κ2) is 8.95. The first-order chi connectivity index (χ1) is 14.3. The molecule has 0 spiro atoms. The van der Waals surface area contributed by atoms with Crippen LogP contribution in [0.4, 0.5) is 10.5 Å². The summed E-state index contributed by atoms with van der Waals surface area (Å²) in [4.78, 5) is 25.5. The number of rotatable bonds is 6. The number of ketones is 1. The van der Waals surface area contributed by atoms with E-state index in [1.807, 2.05) is 39.0 Å². The quantitative estimate of drug-likeness (QED) is 0.483. The molecular weight excluding hydrogens is 374 g/mol. The molecule has 30 heavy (non-hydrogen) atoms. The van der Waals surface area contributed by atoms with Gasteiger partial charge in [0.25, 0.3) is 0 Å². The SMILES string of the molecule is CC(C)(C)N(C(=O)O)c1ccc(C(=O)CCc2ccc(-c3ccccc3)cc2)cc1. The van der Waals surface area contributed by atoms with E-state index in [2.05, 4.69) is 36.4 Å². The van der Waals surface area contributed by atoms with Crippen molar-refractivity contribution in [2.24, 2.45) is 0 Å². The molecule has 4 heteroatoms. The Bertz CT molecular complexity index is 1000. The van der Waals surface area contributed by atoms with Crippen molar-refractivity contribution < 1.29 is 14.7 Å². The van der Waals surface area contributed by atoms with Crippen LogP contribution >= 0.6 is 0 Å². The van der Waals surface area contributed by atoms with Gasteiger partial charge in [0, 0.05) is 23.2 Å². The van der Waals surface area contributed by atoms with E-state index in [0.717, 1.165) is 11.1 Å². The average Bonchev–Trinajstić information content (AvgIpc) is 2.72. The fourth-order valence-electron chi connectivity index (χ4n) is 3.48. The summed E-state index contributed by atoms with van der Waals surface area (Å²) in [6.45, 7) is 5.51. The summed E-state index contributed by atoms with van der Waals surface area (Å²) in [5.74, 6) is 0.0475. The van der Waals surface area contributed by atoms with E-state index in [1.165, 1.54) is 10.5 Å². The minimum Gasteiger partial charge on any atom is -0.465 e. The molecule has 3 aromatic carbocycles. The zero-order valence-electron chi connectivity index (χ0n) is 17.6. The summed E-state index contributed by atoms with van der Waals surface area (Å²) < 4.78 is 0. The van der Waals surface area contributed by atoms with Gasteiger partial charge in [0.2, 0.25) is 0 Å². The third-order valence-electron chi connectivity index (χ3n) is 5.01. The lowest BCUT2D eigenvalue weighted by Gasteiger charge is -2.33. The summed E-state index contributed by atoms with van der Waals surface area (Å²) in [7, 11) is 0. The van der Waals surface area contributed by atoms with Crippen LogP contribution in [-0.4, -0.2) is 22.5 Å². The van der Waals surface area contributed by atoms with Crippen LogP contribution < -0.4 is 4.90 Å². The van der Waals surface area contributed by atoms with Crippen LogP contribution in [0.25, 0.3) is 11.1 Å². The minimum absolute atomic E-state index is 0.0475. The number of carbonyl (C=O) groups excluding carboxylic acids is 1. The zero-order chi connectivity index (χ0) is 21.7. The second-order valence-electron chi connectivity index (χ2n) is 8.32. The van der Waals surface area contributed by atoms with Gasteiger partial charge in [0.05, 0.1) is 0 Å². The molecule has 0 heterocycles. The molecule has 0 aliphatic heterocycles. The lowest BCUT2D eigenvalue weighted by Crippen LogP contribution is -2.45. The molecule has 0 aliphatic carbocycles. The van der Waals surface area contributed by atoms with Gasteiger partial charge in [0.15, 0.2) is 5.78 Å². The summed E-state index contributed by atoms with van der Waals surface area (Å²) in [6, 6.07) is 25.3. The van der Waals surface area contributed by atoms with Crippen LogP contribution in [0.2, 0.25) is 0 Å². The molecule has 0 saturated carbocycles. The van der Waals surface area contributed by atoms with E-state index in [1.54, 1.807) is 24.3 Å². The van der Waals surface area contributed by atoms with Gasteiger partial charge in [-0.25, -0.2) is 4.79 Å². The number of anilines is 1. The van der Waals surface area contributed by atoms with Crippen LogP contribution in [0.3, 0.4) is 0 Å². The number of nitrogens with zero attached hydrogens (tertiary/aromatic N) is 1. The third kappa shape index (κ3) is 5.15. The number of Topliss-reactive ketones (excluding diaryl/α,β-unsaturated/α-hetero) is 1.